The molecule has 2 aromatic rings. The minimum absolute atomic E-state index is 0.0279. The van der Waals surface area contributed by atoms with Crippen molar-refractivity contribution in [3.05, 3.63) is 46.7 Å². The molecular formula is C17H20BrN3O. The standard InChI is InChI=1S/C17H20BrN3O/c18-14-11-19-21(12-14)16-9-7-13(8-10-16)17(22)20-15-5-3-1-2-4-6-15/h7-12,15H,1-6H2,(H,20,22). The van der Waals surface area contributed by atoms with E-state index in [1.807, 2.05) is 30.5 Å². The highest BCUT2D eigenvalue weighted by atomic mass is 79.9. The second kappa shape index (κ2) is 7.09. The number of carbonyl (C=O) groups is 1. The average molecular weight is 362 g/mol. The summed E-state index contributed by atoms with van der Waals surface area (Å²) in [4.78, 5) is 12.3. The SMILES string of the molecule is O=C(NC1CCCCCC1)c1ccc(-n2cc(Br)cn2)cc1. The quantitative estimate of drug-likeness (QED) is 0.836. The molecule has 22 heavy (non-hydrogen) atoms. The van der Waals surface area contributed by atoms with E-state index in [4.69, 9.17) is 0 Å². The molecule has 1 fully saturated rings. The average Bonchev–Trinajstić information content (AvgIpc) is 2.80. The van der Waals surface area contributed by atoms with E-state index in [0.29, 0.717) is 11.6 Å². The highest BCUT2D eigenvalue weighted by Gasteiger charge is 2.15. The van der Waals surface area contributed by atoms with Crippen molar-refractivity contribution in [2.75, 3.05) is 0 Å². The van der Waals surface area contributed by atoms with Crippen LogP contribution in [0.1, 0.15) is 48.9 Å². The highest BCUT2D eigenvalue weighted by molar-refractivity contribution is 9.10. The Bertz CT molecular complexity index is 628. The molecule has 1 aromatic carbocycles. The summed E-state index contributed by atoms with van der Waals surface area (Å²) in [6, 6.07) is 7.88. The molecule has 0 saturated heterocycles. The lowest BCUT2D eigenvalue weighted by molar-refractivity contribution is 0.0933. The van der Waals surface area contributed by atoms with Crippen molar-refractivity contribution < 1.29 is 4.79 Å². The van der Waals surface area contributed by atoms with Crippen molar-refractivity contribution in [1.29, 1.82) is 0 Å². The summed E-state index contributed by atoms with van der Waals surface area (Å²) in [7, 11) is 0. The van der Waals surface area contributed by atoms with Crippen LogP contribution < -0.4 is 5.32 Å². The molecule has 0 unspecified atom stereocenters. The van der Waals surface area contributed by atoms with E-state index in [-0.39, 0.29) is 5.91 Å². The zero-order chi connectivity index (χ0) is 15.4. The van der Waals surface area contributed by atoms with Crippen LogP contribution in [0.3, 0.4) is 0 Å². The van der Waals surface area contributed by atoms with E-state index in [1.54, 1.807) is 10.9 Å². The maximum Gasteiger partial charge on any atom is 0.251 e. The van der Waals surface area contributed by atoms with Crippen LogP contribution in [-0.2, 0) is 0 Å². The molecule has 5 heteroatoms. The van der Waals surface area contributed by atoms with Gasteiger partial charge in [0.1, 0.15) is 0 Å². The molecule has 1 amide bonds. The number of carbonyl (C=O) groups excluding carboxylic acids is 1. The molecule has 116 valence electrons. The first kappa shape index (κ1) is 15.3. The van der Waals surface area contributed by atoms with E-state index in [0.717, 1.165) is 23.0 Å². The first-order chi connectivity index (χ1) is 10.7. The molecule has 1 N–H and O–H groups in total. The first-order valence-corrected chi connectivity index (χ1v) is 8.63. The zero-order valence-corrected chi connectivity index (χ0v) is 14.1. The number of benzene rings is 1. The molecule has 1 aromatic heterocycles. The van der Waals surface area contributed by atoms with Gasteiger partial charge in [-0.2, -0.15) is 5.10 Å². The lowest BCUT2D eigenvalue weighted by Gasteiger charge is -2.16. The van der Waals surface area contributed by atoms with Crippen molar-refractivity contribution in [1.82, 2.24) is 15.1 Å². The third kappa shape index (κ3) is 3.77. The van der Waals surface area contributed by atoms with Crippen LogP contribution >= 0.6 is 15.9 Å². The number of rotatable bonds is 3. The van der Waals surface area contributed by atoms with E-state index in [1.165, 1.54) is 25.7 Å². The molecule has 3 rings (SSSR count). The Balaban J connectivity index is 1.65. The van der Waals surface area contributed by atoms with Gasteiger partial charge >= 0.3 is 0 Å². The van der Waals surface area contributed by atoms with Gasteiger partial charge in [-0.3, -0.25) is 4.79 Å². The van der Waals surface area contributed by atoms with Crippen molar-refractivity contribution in [3.8, 4) is 5.69 Å². The summed E-state index contributed by atoms with van der Waals surface area (Å²) < 4.78 is 2.71. The van der Waals surface area contributed by atoms with Crippen LogP contribution in [0.15, 0.2) is 41.1 Å². The van der Waals surface area contributed by atoms with E-state index in [2.05, 4.69) is 26.3 Å². The third-order valence-electron chi connectivity index (χ3n) is 4.14. The molecule has 4 nitrogen and oxygen atoms in total. The largest absolute Gasteiger partial charge is 0.349 e. The minimum Gasteiger partial charge on any atom is -0.349 e. The molecule has 0 atom stereocenters. The second-order valence-electron chi connectivity index (χ2n) is 5.81. The van der Waals surface area contributed by atoms with E-state index in [9.17, 15) is 4.79 Å². The summed E-state index contributed by atoms with van der Waals surface area (Å²) in [5, 5.41) is 7.40. The number of nitrogens with one attached hydrogen (secondary N) is 1. The van der Waals surface area contributed by atoms with Gasteiger partial charge in [-0.25, -0.2) is 4.68 Å². The Hall–Kier alpha value is -1.62. The number of halogens is 1. The number of amides is 1. The van der Waals surface area contributed by atoms with Gasteiger partial charge in [0.15, 0.2) is 0 Å². The number of hydrogen-bond donors (Lipinski definition) is 1. The minimum atomic E-state index is 0.0279. The smallest absolute Gasteiger partial charge is 0.251 e. The summed E-state index contributed by atoms with van der Waals surface area (Å²) in [5.41, 5.74) is 1.65. The van der Waals surface area contributed by atoms with Crippen LogP contribution in [0.5, 0.6) is 0 Å². The number of nitrogens with zero attached hydrogens (tertiary/aromatic N) is 2. The molecule has 1 saturated carbocycles. The highest BCUT2D eigenvalue weighted by Crippen LogP contribution is 2.18. The van der Waals surface area contributed by atoms with Crippen molar-refractivity contribution in [3.63, 3.8) is 0 Å². The lowest BCUT2D eigenvalue weighted by Crippen LogP contribution is -2.34. The molecule has 0 bridgehead atoms. The second-order valence-corrected chi connectivity index (χ2v) is 6.73. The monoisotopic (exact) mass is 361 g/mol. The number of aromatic nitrogens is 2. The Morgan fingerprint density at radius 3 is 2.41 bits per heavy atom. The fraction of sp³-hybridized carbons (Fsp3) is 0.412. The number of hydrogen-bond acceptors (Lipinski definition) is 2. The predicted octanol–water partition coefficient (Wildman–Crippen LogP) is 4.09. The Kier molecular flexibility index (Phi) is 4.93. The molecular weight excluding hydrogens is 342 g/mol. The zero-order valence-electron chi connectivity index (χ0n) is 12.5. The molecule has 1 aliphatic carbocycles. The summed E-state index contributed by atoms with van der Waals surface area (Å²) in [6.07, 6.45) is 10.9. The Labute approximate surface area is 139 Å². The first-order valence-electron chi connectivity index (χ1n) is 7.84. The van der Waals surface area contributed by atoms with E-state index < -0.39 is 0 Å². The van der Waals surface area contributed by atoms with Gasteiger partial charge < -0.3 is 5.32 Å². The molecule has 1 aliphatic rings. The summed E-state index contributed by atoms with van der Waals surface area (Å²) in [6.45, 7) is 0. The van der Waals surface area contributed by atoms with Gasteiger partial charge in [-0.15, -0.1) is 0 Å². The van der Waals surface area contributed by atoms with Crippen molar-refractivity contribution >= 4 is 21.8 Å². The van der Waals surface area contributed by atoms with Crippen LogP contribution in [0.2, 0.25) is 0 Å². The summed E-state index contributed by atoms with van der Waals surface area (Å²) in [5.74, 6) is 0.0279. The fourth-order valence-corrected chi connectivity index (χ4v) is 3.19. The topological polar surface area (TPSA) is 46.9 Å². The molecule has 1 heterocycles. The Morgan fingerprint density at radius 1 is 1.14 bits per heavy atom. The van der Waals surface area contributed by atoms with Gasteiger partial charge in [0.2, 0.25) is 0 Å². The van der Waals surface area contributed by atoms with Gasteiger partial charge in [0, 0.05) is 17.8 Å². The van der Waals surface area contributed by atoms with Gasteiger partial charge in [0.25, 0.3) is 5.91 Å². The summed E-state index contributed by atoms with van der Waals surface area (Å²) >= 11 is 3.38. The van der Waals surface area contributed by atoms with Gasteiger partial charge in [0.05, 0.1) is 16.4 Å². The maximum absolute atomic E-state index is 12.3. The van der Waals surface area contributed by atoms with Crippen molar-refractivity contribution in [2.45, 2.75) is 44.6 Å². The van der Waals surface area contributed by atoms with Crippen LogP contribution in [-0.4, -0.2) is 21.7 Å². The van der Waals surface area contributed by atoms with E-state index >= 15 is 0 Å². The van der Waals surface area contributed by atoms with Crippen LogP contribution in [0, 0.1) is 0 Å². The van der Waals surface area contributed by atoms with Gasteiger partial charge in [-0.05, 0) is 53.0 Å². The van der Waals surface area contributed by atoms with Gasteiger partial charge in [-0.1, -0.05) is 25.7 Å². The fourth-order valence-electron chi connectivity index (χ4n) is 2.90. The Morgan fingerprint density at radius 2 is 1.82 bits per heavy atom. The predicted molar refractivity (Wildman–Crippen MR) is 90.2 cm³/mol. The maximum atomic E-state index is 12.3. The van der Waals surface area contributed by atoms with Crippen LogP contribution in [0.4, 0.5) is 0 Å². The lowest BCUT2D eigenvalue weighted by atomic mass is 10.1. The third-order valence-corrected chi connectivity index (χ3v) is 4.55. The molecule has 0 radical (unpaired) electrons. The molecule has 0 spiro atoms. The normalized spacial score (nSPS) is 16.2. The van der Waals surface area contributed by atoms with Crippen LogP contribution in [0.25, 0.3) is 5.69 Å². The van der Waals surface area contributed by atoms with Crippen molar-refractivity contribution in [2.24, 2.45) is 0 Å². The molecule has 0 aliphatic heterocycles.